The second-order valence-electron chi connectivity index (χ2n) is 3.82. The molecule has 0 bridgehead atoms. The fourth-order valence-electron chi connectivity index (χ4n) is 1.55. The van der Waals surface area contributed by atoms with E-state index in [1.165, 1.54) is 0 Å². The molecule has 1 aromatic carbocycles. The minimum absolute atomic E-state index is 0. The predicted octanol–water partition coefficient (Wildman–Crippen LogP) is 1.63. The molecule has 0 saturated heterocycles. The molecule has 0 aliphatic heterocycles. The van der Waals surface area contributed by atoms with Crippen molar-refractivity contribution in [2.75, 3.05) is 11.1 Å². The first-order valence-electron chi connectivity index (χ1n) is 5.32. The van der Waals surface area contributed by atoms with E-state index < -0.39 is 5.91 Å². The Morgan fingerprint density at radius 3 is 2.63 bits per heavy atom. The minimum atomic E-state index is -0.475. The SMILES string of the molecule is Cc1cc(Nc2cccc(C(N)=O)c2)nc(N)n1.Cl. The van der Waals surface area contributed by atoms with Crippen molar-refractivity contribution >= 4 is 35.8 Å². The fraction of sp³-hybridized carbons (Fsp3) is 0.0833. The van der Waals surface area contributed by atoms with Crippen molar-refractivity contribution in [1.82, 2.24) is 9.97 Å². The quantitative estimate of drug-likeness (QED) is 0.791. The van der Waals surface area contributed by atoms with Crippen LogP contribution in [-0.2, 0) is 0 Å². The van der Waals surface area contributed by atoms with Gasteiger partial charge in [0, 0.05) is 23.0 Å². The highest BCUT2D eigenvalue weighted by atomic mass is 35.5. The van der Waals surface area contributed by atoms with Crippen molar-refractivity contribution in [1.29, 1.82) is 0 Å². The number of hydrogen-bond donors (Lipinski definition) is 3. The normalized spacial score (nSPS) is 9.53. The van der Waals surface area contributed by atoms with Crippen LogP contribution in [0.2, 0.25) is 0 Å². The van der Waals surface area contributed by atoms with E-state index in [-0.39, 0.29) is 18.4 Å². The summed E-state index contributed by atoms with van der Waals surface area (Å²) in [6, 6.07) is 8.59. The van der Waals surface area contributed by atoms with Crippen LogP contribution < -0.4 is 16.8 Å². The molecule has 0 fully saturated rings. The maximum Gasteiger partial charge on any atom is 0.248 e. The zero-order chi connectivity index (χ0) is 13.1. The Hall–Kier alpha value is -2.34. The molecule has 5 N–H and O–H groups in total. The lowest BCUT2D eigenvalue weighted by Gasteiger charge is -2.07. The maximum atomic E-state index is 11.1. The Morgan fingerprint density at radius 2 is 2.00 bits per heavy atom. The van der Waals surface area contributed by atoms with Crippen molar-refractivity contribution in [2.45, 2.75) is 6.92 Å². The van der Waals surface area contributed by atoms with Crippen molar-refractivity contribution in [3.63, 3.8) is 0 Å². The molecule has 0 aliphatic rings. The average Bonchev–Trinajstić information content (AvgIpc) is 2.27. The second-order valence-corrected chi connectivity index (χ2v) is 3.82. The van der Waals surface area contributed by atoms with Crippen LogP contribution in [0.4, 0.5) is 17.5 Å². The summed E-state index contributed by atoms with van der Waals surface area (Å²) in [6.45, 7) is 1.82. The second kappa shape index (κ2) is 6.01. The van der Waals surface area contributed by atoms with Crippen molar-refractivity contribution in [2.24, 2.45) is 5.73 Å². The van der Waals surface area contributed by atoms with Crippen LogP contribution >= 0.6 is 12.4 Å². The van der Waals surface area contributed by atoms with E-state index in [1.54, 1.807) is 30.3 Å². The van der Waals surface area contributed by atoms with Gasteiger partial charge in [-0.2, -0.15) is 4.98 Å². The number of carbonyl (C=O) groups excluding carboxylic acids is 1. The number of nitrogen functional groups attached to an aromatic ring is 1. The van der Waals surface area contributed by atoms with Gasteiger partial charge in [0.05, 0.1) is 0 Å². The molecule has 2 aromatic rings. The zero-order valence-electron chi connectivity index (χ0n) is 10.3. The fourth-order valence-corrected chi connectivity index (χ4v) is 1.55. The van der Waals surface area contributed by atoms with Gasteiger partial charge in [0.25, 0.3) is 0 Å². The van der Waals surface area contributed by atoms with Gasteiger partial charge >= 0.3 is 0 Å². The summed E-state index contributed by atoms with van der Waals surface area (Å²) in [7, 11) is 0. The summed E-state index contributed by atoms with van der Waals surface area (Å²) >= 11 is 0. The van der Waals surface area contributed by atoms with E-state index in [4.69, 9.17) is 11.5 Å². The van der Waals surface area contributed by atoms with Gasteiger partial charge in [0.2, 0.25) is 11.9 Å². The van der Waals surface area contributed by atoms with Gasteiger partial charge in [-0.25, -0.2) is 4.98 Å². The third-order valence-corrected chi connectivity index (χ3v) is 2.29. The summed E-state index contributed by atoms with van der Waals surface area (Å²) in [4.78, 5) is 19.1. The Morgan fingerprint density at radius 1 is 1.26 bits per heavy atom. The molecule has 100 valence electrons. The lowest BCUT2D eigenvalue weighted by molar-refractivity contribution is 0.100. The van der Waals surface area contributed by atoms with E-state index >= 15 is 0 Å². The molecular formula is C12H14ClN5O. The Balaban J connectivity index is 0.00000180. The highest BCUT2D eigenvalue weighted by Gasteiger charge is 2.03. The summed E-state index contributed by atoms with van der Waals surface area (Å²) < 4.78 is 0. The zero-order valence-corrected chi connectivity index (χ0v) is 11.1. The van der Waals surface area contributed by atoms with Crippen LogP contribution in [0.5, 0.6) is 0 Å². The molecule has 0 spiro atoms. The molecule has 2 rings (SSSR count). The topological polar surface area (TPSA) is 107 Å². The molecule has 0 aliphatic carbocycles. The monoisotopic (exact) mass is 279 g/mol. The number of nitrogens with one attached hydrogen (secondary N) is 1. The maximum absolute atomic E-state index is 11.1. The summed E-state index contributed by atoms with van der Waals surface area (Å²) in [5, 5.41) is 3.04. The van der Waals surface area contributed by atoms with Gasteiger partial charge in [-0.15, -0.1) is 12.4 Å². The lowest BCUT2D eigenvalue weighted by atomic mass is 10.2. The first-order chi connectivity index (χ1) is 8.54. The third kappa shape index (κ3) is 3.82. The summed E-state index contributed by atoms with van der Waals surface area (Å²) in [6.07, 6.45) is 0. The summed E-state index contributed by atoms with van der Waals surface area (Å²) in [5.74, 6) is 0.294. The molecule has 7 heteroatoms. The number of aryl methyl sites for hydroxylation is 1. The van der Waals surface area contributed by atoms with Crippen LogP contribution in [0.1, 0.15) is 16.1 Å². The molecule has 0 unspecified atom stereocenters. The molecule has 0 atom stereocenters. The highest BCUT2D eigenvalue weighted by Crippen LogP contribution is 2.17. The number of primary amides is 1. The third-order valence-electron chi connectivity index (χ3n) is 2.29. The molecular weight excluding hydrogens is 266 g/mol. The van der Waals surface area contributed by atoms with Gasteiger partial charge in [0.1, 0.15) is 5.82 Å². The van der Waals surface area contributed by atoms with E-state index in [0.717, 1.165) is 5.69 Å². The van der Waals surface area contributed by atoms with E-state index in [2.05, 4.69) is 15.3 Å². The van der Waals surface area contributed by atoms with Crippen LogP contribution in [0.25, 0.3) is 0 Å². The number of benzene rings is 1. The number of nitrogens with two attached hydrogens (primary N) is 2. The van der Waals surface area contributed by atoms with Crippen LogP contribution in [0.15, 0.2) is 30.3 Å². The smallest absolute Gasteiger partial charge is 0.248 e. The molecule has 6 nitrogen and oxygen atoms in total. The molecule has 0 radical (unpaired) electrons. The molecule has 19 heavy (non-hydrogen) atoms. The van der Waals surface area contributed by atoms with E-state index in [0.29, 0.717) is 17.1 Å². The lowest BCUT2D eigenvalue weighted by Crippen LogP contribution is -2.11. The van der Waals surface area contributed by atoms with Crippen LogP contribution in [0.3, 0.4) is 0 Å². The number of amides is 1. The highest BCUT2D eigenvalue weighted by molar-refractivity contribution is 5.93. The van der Waals surface area contributed by atoms with Crippen molar-refractivity contribution < 1.29 is 4.79 Å². The van der Waals surface area contributed by atoms with Crippen LogP contribution in [-0.4, -0.2) is 15.9 Å². The van der Waals surface area contributed by atoms with E-state index in [1.807, 2.05) is 6.92 Å². The average molecular weight is 280 g/mol. The predicted molar refractivity (Wildman–Crippen MR) is 76.7 cm³/mol. The Kier molecular flexibility index (Phi) is 4.66. The van der Waals surface area contributed by atoms with Gasteiger partial charge in [-0.3, -0.25) is 4.79 Å². The largest absolute Gasteiger partial charge is 0.368 e. The molecule has 1 aromatic heterocycles. The van der Waals surface area contributed by atoms with Gasteiger partial charge < -0.3 is 16.8 Å². The van der Waals surface area contributed by atoms with Crippen LogP contribution in [0, 0.1) is 6.92 Å². The van der Waals surface area contributed by atoms with Gasteiger partial charge in [-0.1, -0.05) is 6.07 Å². The standard InChI is InChI=1S/C12H13N5O.ClH/c1-7-5-10(17-12(14)15-7)16-9-4-2-3-8(6-9)11(13)18;/h2-6H,1H3,(H2,13,18)(H3,14,15,16,17);1H. The van der Waals surface area contributed by atoms with Crippen molar-refractivity contribution in [3.8, 4) is 0 Å². The Bertz CT molecular complexity index is 582. The number of carbonyl (C=O) groups is 1. The molecule has 1 heterocycles. The molecule has 1 amide bonds. The van der Waals surface area contributed by atoms with E-state index in [9.17, 15) is 4.79 Å². The van der Waals surface area contributed by atoms with Gasteiger partial charge in [-0.05, 0) is 25.1 Å². The first-order valence-corrected chi connectivity index (χ1v) is 5.32. The number of halogens is 1. The number of hydrogen-bond acceptors (Lipinski definition) is 5. The Labute approximate surface area is 116 Å². The van der Waals surface area contributed by atoms with Crippen molar-refractivity contribution in [3.05, 3.63) is 41.6 Å². The minimum Gasteiger partial charge on any atom is -0.368 e. The number of anilines is 3. The number of rotatable bonds is 3. The first kappa shape index (κ1) is 14.7. The summed E-state index contributed by atoms with van der Waals surface area (Å²) in [5.41, 5.74) is 12.7. The molecule has 0 saturated carbocycles. The van der Waals surface area contributed by atoms with Gasteiger partial charge in [0.15, 0.2) is 0 Å². The number of aromatic nitrogens is 2. The number of nitrogens with zero attached hydrogens (tertiary/aromatic N) is 2.